The molecule has 1 saturated heterocycles. The number of nitrogens with one attached hydrogen (secondary N) is 2. The third-order valence-electron chi connectivity index (χ3n) is 3.83. The summed E-state index contributed by atoms with van der Waals surface area (Å²) < 4.78 is 0. The Morgan fingerprint density at radius 3 is 2.24 bits per heavy atom. The molecule has 1 aliphatic heterocycles. The number of hydrogen-bond donors (Lipinski definition) is 2. The molecule has 122 valence electrons. The molecular formula is C15H30N4O2. The van der Waals surface area contributed by atoms with Crippen LogP contribution in [0.5, 0.6) is 0 Å². The van der Waals surface area contributed by atoms with Gasteiger partial charge < -0.3 is 20.4 Å². The standard InChI is InChI=1S/C15H30N4O2/c1-15(2,3)12(11-19-8-6-7-9-19)17-13(20)10-16-14(21)18(4)5/h12H,6-11H2,1-5H3,(H,16,21)(H,17,20). The van der Waals surface area contributed by atoms with E-state index in [0.29, 0.717) is 0 Å². The summed E-state index contributed by atoms with van der Waals surface area (Å²) in [6, 6.07) is -0.170. The molecule has 0 radical (unpaired) electrons. The zero-order valence-corrected chi connectivity index (χ0v) is 14.0. The molecular weight excluding hydrogens is 268 g/mol. The first-order valence-corrected chi connectivity index (χ1v) is 7.67. The summed E-state index contributed by atoms with van der Waals surface area (Å²) in [5.41, 5.74) is -0.0101. The predicted molar refractivity (Wildman–Crippen MR) is 84.1 cm³/mol. The van der Waals surface area contributed by atoms with E-state index in [2.05, 4.69) is 36.3 Å². The largest absolute Gasteiger partial charge is 0.350 e. The van der Waals surface area contributed by atoms with E-state index in [1.165, 1.54) is 17.7 Å². The van der Waals surface area contributed by atoms with E-state index in [4.69, 9.17) is 0 Å². The van der Waals surface area contributed by atoms with Crippen LogP contribution in [0.4, 0.5) is 4.79 Å². The minimum absolute atomic E-state index is 0.0101. The van der Waals surface area contributed by atoms with Crippen molar-refractivity contribution in [2.75, 3.05) is 40.3 Å². The van der Waals surface area contributed by atoms with Crippen molar-refractivity contribution in [3.05, 3.63) is 0 Å². The van der Waals surface area contributed by atoms with Gasteiger partial charge in [0.2, 0.25) is 5.91 Å². The van der Waals surface area contributed by atoms with Gasteiger partial charge in [-0.25, -0.2) is 4.79 Å². The van der Waals surface area contributed by atoms with Crippen LogP contribution in [-0.2, 0) is 4.79 Å². The Balaban J connectivity index is 2.48. The van der Waals surface area contributed by atoms with Crippen LogP contribution in [0.25, 0.3) is 0 Å². The molecule has 0 aromatic heterocycles. The molecule has 3 amide bonds. The second-order valence-corrected chi connectivity index (χ2v) is 7.05. The monoisotopic (exact) mass is 298 g/mol. The van der Waals surface area contributed by atoms with Crippen LogP contribution in [0.3, 0.4) is 0 Å². The summed E-state index contributed by atoms with van der Waals surface area (Å²) in [5.74, 6) is -0.135. The van der Waals surface area contributed by atoms with Crippen molar-refractivity contribution in [1.29, 1.82) is 0 Å². The van der Waals surface area contributed by atoms with Crippen LogP contribution in [0, 0.1) is 5.41 Å². The highest BCUT2D eigenvalue weighted by Crippen LogP contribution is 2.21. The molecule has 21 heavy (non-hydrogen) atoms. The van der Waals surface area contributed by atoms with Crippen LogP contribution in [-0.4, -0.2) is 68.1 Å². The number of urea groups is 1. The highest BCUT2D eigenvalue weighted by molar-refractivity contribution is 5.83. The van der Waals surface area contributed by atoms with Gasteiger partial charge in [-0.3, -0.25) is 4.79 Å². The smallest absolute Gasteiger partial charge is 0.317 e. The lowest BCUT2D eigenvalue weighted by Gasteiger charge is -2.34. The van der Waals surface area contributed by atoms with Crippen LogP contribution in [0.15, 0.2) is 0 Å². The van der Waals surface area contributed by atoms with E-state index in [-0.39, 0.29) is 29.9 Å². The molecule has 6 heteroatoms. The Labute approximate surface area is 128 Å². The summed E-state index contributed by atoms with van der Waals surface area (Å²) in [4.78, 5) is 27.3. The minimum atomic E-state index is -0.253. The zero-order valence-electron chi connectivity index (χ0n) is 14.0. The Morgan fingerprint density at radius 2 is 1.76 bits per heavy atom. The molecule has 1 atom stereocenters. The van der Waals surface area contributed by atoms with Gasteiger partial charge in [0.05, 0.1) is 6.54 Å². The van der Waals surface area contributed by atoms with Gasteiger partial charge in [0.25, 0.3) is 0 Å². The average molecular weight is 298 g/mol. The van der Waals surface area contributed by atoms with Crippen molar-refractivity contribution in [2.45, 2.75) is 39.7 Å². The quantitative estimate of drug-likeness (QED) is 0.792. The zero-order chi connectivity index (χ0) is 16.0. The SMILES string of the molecule is CN(C)C(=O)NCC(=O)NC(CN1CCCC1)C(C)(C)C. The molecule has 1 fully saturated rings. The molecule has 0 aromatic carbocycles. The second kappa shape index (κ2) is 7.64. The topological polar surface area (TPSA) is 64.7 Å². The molecule has 0 bridgehead atoms. The van der Waals surface area contributed by atoms with Gasteiger partial charge >= 0.3 is 6.03 Å². The highest BCUT2D eigenvalue weighted by atomic mass is 16.2. The normalized spacial score (nSPS) is 17.4. The fourth-order valence-electron chi connectivity index (χ4n) is 2.32. The van der Waals surface area contributed by atoms with Crippen LogP contribution >= 0.6 is 0 Å². The molecule has 0 spiro atoms. The lowest BCUT2D eigenvalue weighted by Crippen LogP contribution is -2.52. The Morgan fingerprint density at radius 1 is 1.19 bits per heavy atom. The predicted octanol–water partition coefficient (Wildman–Crippen LogP) is 0.884. The van der Waals surface area contributed by atoms with Gasteiger partial charge in [0.1, 0.15) is 0 Å². The lowest BCUT2D eigenvalue weighted by molar-refractivity contribution is -0.121. The molecule has 1 unspecified atom stereocenters. The maximum Gasteiger partial charge on any atom is 0.317 e. The molecule has 0 saturated carbocycles. The number of amides is 3. The Hall–Kier alpha value is -1.30. The van der Waals surface area contributed by atoms with Crippen molar-refractivity contribution in [3.63, 3.8) is 0 Å². The number of hydrogen-bond acceptors (Lipinski definition) is 3. The third kappa shape index (κ3) is 6.33. The number of rotatable bonds is 5. The third-order valence-corrected chi connectivity index (χ3v) is 3.83. The van der Waals surface area contributed by atoms with Crippen molar-refractivity contribution in [1.82, 2.24) is 20.4 Å². The van der Waals surface area contributed by atoms with Crippen molar-refractivity contribution < 1.29 is 9.59 Å². The maximum absolute atomic E-state index is 12.0. The van der Waals surface area contributed by atoms with Gasteiger partial charge in [-0.05, 0) is 31.3 Å². The van der Waals surface area contributed by atoms with E-state index in [1.54, 1.807) is 14.1 Å². The van der Waals surface area contributed by atoms with Gasteiger partial charge in [-0.2, -0.15) is 0 Å². The Kier molecular flexibility index (Phi) is 6.45. The first kappa shape index (κ1) is 17.8. The van der Waals surface area contributed by atoms with Gasteiger partial charge in [0.15, 0.2) is 0 Å². The molecule has 0 aromatic rings. The molecule has 1 heterocycles. The summed E-state index contributed by atoms with van der Waals surface area (Å²) in [7, 11) is 3.30. The van der Waals surface area contributed by atoms with Gasteiger partial charge in [-0.1, -0.05) is 20.8 Å². The summed E-state index contributed by atoms with van der Waals surface area (Å²) in [5, 5.41) is 5.66. The van der Waals surface area contributed by atoms with E-state index in [0.717, 1.165) is 19.6 Å². The molecule has 2 N–H and O–H groups in total. The minimum Gasteiger partial charge on any atom is -0.350 e. The number of carbonyl (C=O) groups is 2. The summed E-state index contributed by atoms with van der Waals surface area (Å²) >= 11 is 0. The van der Waals surface area contributed by atoms with E-state index >= 15 is 0 Å². The van der Waals surface area contributed by atoms with Crippen LogP contribution in [0.1, 0.15) is 33.6 Å². The summed E-state index contributed by atoms with van der Waals surface area (Å²) in [6.45, 7) is 9.51. The summed E-state index contributed by atoms with van der Waals surface area (Å²) in [6.07, 6.45) is 2.48. The number of carbonyl (C=O) groups excluding carboxylic acids is 2. The van der Waals surface area contributed by atoms with Gasteiger partial charge in [0, 0.05) is 26.7 Å². The van der Waals surface area contributed by atoms with E-state index in [1.807, 2.05) is 0 Å². The molecule has 1 aliphatic rings. The Bertz CT molecular complexity index is 357. The molecule has 0 aliphatic carbocycles. The molecule has 1 rings (SSSR count). The molecule has 6 nitrogen and oxygen atoms in total. The average Bonchev–Trinajstić information content (AvgIpc) is 2.86. The second-order valence-electron chi connectivity index (χ2n) is 7.05. The fraction of sp³-hybridized carbons (Fsp3) is 0.867. The van der Waals surface area contributed by atoms with Crippen LogP contribution < -0.4 is 10.6 Å². The van der Waals surface area contributed by atoms with E-state index in [9.17, 15) is 9.59 Å². The number of nitrogens with zero attached hydrogens (tertiary/aromatic N) is 2. The fourth-order valence-corrected chi connectivity index (χ4v) is 2.32. The highest BCUT2D eigenvalue weighted by Gasteiger charge is 2.29. The van der Waals surface area contributed by atoms with Crippen LogP contribution in [0.2, 0.25) is 0 Å². The van der Waals surface area contributed by atoms with Crippen molar-refractivity contribution >= 4 is 11.9 Å². The first-order chi connectivity index (χ1) is 9.70. The van der Waals surface area contributed by atoms with Crippen molar-refractivity contribution in [3.8, 4) is 0 Å². The van der Waals surface area contributed by atoms with Gasteiger partial charge in [-0.15, -0.1) is 0 Å². The van der Waals surface area contributed by atoms with E-state index < -0.39 is 0 Å². The van der Waals surface area contributed by atoms with Crippen molar-refractivity contribution in [2.24, 2.45) is 5.41 Å². The maximum atomic E-state index is 12.0. The number of likely N-dealkylation sites (tertiary alicyclic amines) is 1. The first-order valence-electron chi connectivity index (χ1n) is 7.67. The lowest BCUT2D eigenvalue weighted by atomic mass is 9.86.